The number of carbonyl (C=O) groups excluding carboxylic acids is 1. The van der Waals surface area contributed by atoms with Gasteiger partial charge in [0.15, 0.2) is 12.4 Å². The summed E-state index contributed by atoms with van der Waals surface area (Å²) in [6.07, 6.45) is 6.03. The molecule has 4 rings (SSSR count). The largest absolute Gasteiger partial charge is 0.478 e. The summed E-state index contributed by atoms with van der Waals surface area (Å²) in [5, 5.41) is 9.20. The number of aliphatic carboxylic acids is 1. The van der Waals surface area contributed by atoms with E-state index < -0.39 is 12.0 Å². The number of nitrogens with zero attached hydrogens (tertiary/aromatic N) is 3. The van der Waals surface area contributed by atoms with Crippen LogP contribution in [0.2, 0.25) is 0 Å². The second-order valence-corrected chi connectivity index (χ2v) is 8.34. The van der Waals surface area contributed by atoms with Gasteiger partial charge in [-0.3, -0.25) is 9.69 Å². The molecule has 0 bridgehead atoms. The molecule has 0 radical (unpaired) electrons. The predicted molar refractivity (Wildman–Crippen MR) is 121 cm³/mol. The fraction of sp³-hybridized carbons (Fsp3) is 0.125. The molecule has 1 aliphatic rings. The number of hydrogen-bond donors (Lipinski definition) is 1. The highest BCUT2D eigenvalue weighted by Crippen LogP contribution is 2.48. The minimum atomic E-state index is -1.10. The van der Waals surface area contributed by atoms with E-state index in [9.17, 15) is 14.7 Å². The van der Waals surface area contributed by atoms with Gasteiger partial charge in [0.25, 0.3) is 6.04 Å². The van der Waals surface area contributed by atoms with Crippen LogP contribution in [0.3, 0.4) is 0 Å². The third kappa shape index (κ3) is 4.18. The number of aromatic nitrogens is 1. The van der Waals surface area contributed by atoms with Crippen molar-refractivity contribution in [2.75, 3.05) is 23.9 Å². The average Bonchev–Trinajstić information content (AvgIpc) is 2.77. The minimum absolute atomic E-state index is 0.236. The van der Waals surface area contributed by atoms with Gasteiger partial charge in [-0.05, 0) is 24.3 Å². The van der Waals surface area contributed by atoms with E-state index in [0.29, 0.717) is 0 Å². The van der Waals surface area contributed by atoms with Crippen molar-refractivity contribution in [2.24, 2.45) is 0 Å². The van der Waals surface area contributed by atoms with Crippen LogP contribution in [0.4, 0.5) is 17.1 Å². The monoisotopic (exact) mass is 432 g/mol. The summed E-state index contributed by atoms with van der Waals surface area (Å²) in [7, 11) is 3.87. The number of rotatable bonds is 5. The number of hydrogen-bond acceptors (Lipinski definition) is 4. The molecule has 6 nitrogen and oxygen atoms in total. The zero-order chi connectivity index (χ0) is 22.0. The number of carboxylic acids is 1. The van der Waals surface area contributed by atoms with E-state index in [1.54, 1.807) is 33.6 Å². The molecule has 1 unspecified atom stereocenters. The number of benzene rings is 2. The van der Waals surface area contributed by atoms with Crippen LogP contribution >= 0.6 is 11.8 Å². The van der Waals surface area contributed by atoms with Crippen molar-refractivity contribution < 1.29 is 19.3 Å². The molecule has 156 valence electrons. The Morgan fingerprint density at radius 3 is 2.03 bits per heavy atom. The lowest BCUT2D eigenvalue weighted by molar-refractivity contribution is -0.698. The standard InChI is InChI=1S/C24H21N3O3S/c1-25(2)17-13-15-26(16-14-17)20(11-12-23(28)29)24(30)27-18-7-3-5-9-21(18)31-22-10-6-4-8-19(22)27/h3-16,20H,1-2H3/p+1/b12-11+. The topological polar surface area (TPSA) is 64.7 Å². The lowest BCUT2D eigenvalue weighted by Crippen LogP contribution is -2.48. The Hall–Kier alpha value is -3.58. The summed E-state index contributed by atoms with van der Waals surface area (Å²) in [5.41, 5.74) is 2.56. The number of fused-ring (bicyclic) bond motifs is 2. The molecular weight excluding hydrogens is 410 g/mol. The Morgan fingerprint density at radius 1 is 0.968 bits per heavy atom. The summed E-state index contributed by atoms with van der Waals surface area (Å²) in [6, 6.07) is 18.4. The zero-order valence-corrected chi connectivity index (χ0v) is 18.0. The molecule has 1 amide bonds. The molecule has 31 heavy (non-hydrogen) atoms. The van der Waals surface area contributed by atoms with Gasteiger partial charge in [-0.25, -0.2) is 4.79 Å². The first kappa shape index (κ1) is 20.7. The van der Waals surface area contributed by atoms with Gasteiger partial charge in [-0.15, -0.1) is 0 Å². The maximum atomic E-state index is 13.9. The van der Waals surface area contributed by atoms with Crippen LogP contribution in [0.25, 0.3) is 0 Å². The molecule has 2 aromatic carbocycles. The van der Waals surface area contributed by atoms with Crippen molar-refractivity contribution >= 4 is 40.7 Å². The minimum Gasteiger partial charge on any atom is -0.478 e. The summed E-state index contributed by atoms with van der Waals surface area (Å²) in [4.78, 5) is 30.7. The molecule has 7 heteroatoms. The molecule has 0 aliphatic carbocycles. The molecule has 1 aromatic heterocycles. The highest BCUT2D eigenvalue weighted by atomic mass is 32.2. The molecule has 1 atom stereocenters. The van der Waals surface area contributed by atoms with E-state index in [1.165, 1.54) is 6.08 Å². The van der Waals surface area contributed by atoms with Gasteiger partial charge in [0, 0.05) is 53.9 Å². The number of carbonyl (C=O) groups is 2. The van der Waals surface area contributed by atoms with Crippen LogP contribution in [0.1, 0.15) is 6.04 Å². The first-order valence-corrected chi connectivity index (χ1v) is 10.6. The Kier molecular flexibility index (Phi) is 5.77. The van der Waals surface area contributed by atoms with Crippen LogP contribution in [0.5, 0.6) is 0 Å². The van der Waals surface area contributed by atoms with Crippen LogP contribution in [-0.4, -0.2) is 31.1 Å². The van der Waals surface area contributed by atoms with Crippen molar-refractivity contribution in [1.82, 2.24) is 0 Å². The number of amides is 1. The van der Waals surface area contributed by atoms with E-state index >= 15 is 0 Å². The lowest BCUT2D eigenvalue weighted by atomic mass is 10.1. The van der Waals surface area contributed by atoms with Crippen molar-refractivity contribution in [2.45, 2.75) is 15.8 Å². The number of carboxylic acid groups (broad SMARTS) is 1. The molecule has 0 saturated heterocycles. The van der Waals surface area contributed by atoms with Gasteiger partial charge in [0.05, 0.1) is 11.4 Å². The second kappa shape index (κ2) is 8.65. The normalized spacial score (nSPS) is 13.4. The van der Waals surface area contributed by atoms with E-state index in [-0.39, 0.29) is 5.91 Å². The quantitative estimate of drug-likeness (QED) is 0.487. The molecule has 2 heterocycles. The van der Waals surface area contributed by atoms with E-state index in [0.717, 1.165) is 32.9 Å². The number of anilines is 3. The summed E-state index contributed by atoms with van der Waals surface area (Å²) >= 11 is 1.62. The number of para-hydroxylation sites is 2. The fourth-order valence-corrected chi connectivity index (χ4v) is 4.53. The van der Waals surface area contributed by atoms with Crippen molar-refractivity contribution in [3.8, 4) is 0 Å². The van der Waals surface area contributed by atoms with Gasteiger partial charge in [0.1, 0.15) is 0 Å². The zero-order valence-electron chi connectivity index (χ0n) is 17.2. The first-order chi connectivity index (χ1) is 15.0. The molecule has 1 N–H and O–H groups in total. The summed E-state index contributed by atoms with van der Waals surface area (Å²) in [6.45, 7) is 0. The Balaban J connectivity index is 1.81. The molecule has 1 aliphatic heterocycles. The average molecular weight is 433 g/mol. The van der Waals surface area contributed by atoms with Crippen LogP contribution < -0.4 is 14.4 Å². The predicted octanol–water partition coefficient (Wildman–Crippen LogP) is 4.05. The van der Waals surface area contributed by atoms with Crippen LogP contribution in [0.15, 0.2) is 95.0 Å². The Morgan fingerprint density at radius 2 is 1.52 bits per heavy atom. The van der Waals surface area contributed by atoms with E-state index in [2.05, 4.69) is 0 Å². The molecule has 3 aromatic rings. The maximum absolute atomic E-state index is 13.9. The molecule has 0 saturated carbocycles. The Labute approximate surface area is 185 Å². The van der Waals surface area contributed by atoms with Gasteiger partial charge >= 0.3 is 11.9 Å². The van der Waals surface area contributed by atoms with Crippen molar-refractivity contribution in [1.29, 1.82) is 0 Å². The van der Waals surface area contributed by atoms with Crippen LogP contribution in [0, 0.1) is 0 Å². The van der Waals surface area contributed by atoms with E-state index in [1.807, 2.05) is 79.7 Å². The third-order valence-corrected chi connectivity index (χ3v) is 6.13. The molecule has 0 fully saturated rings. The highest BCUT2D eigenvalue weighted by molar-refractivity contribution is 7.99. The van der Waals surface area contributed by atoms with Crippen molar-refractivity contribution in [3.63, 3.8) is 0 Å². The smallest absolute Gasteiger partial charge is 0.328 e. The third-order valence-electron chi connectivity index (χ3n) is 5.00. The first-order valence-electron chi connectivity index (χ1n) is 9.75. The maximum Gasteiger partial charge on any atom is 0.328 e. The molecular formula is C24H22N3O3S+. The molecule has 0 spiro atoms. The lowest BCUT2D eigenvalue weighted by Gasteiger charge is -2.31. The van der Waals surface area contributed by atoms with E-state index in [4.69, 9.17) is 0 Å². The second-order valence-electron chi connectivity index (χ2n) is 7.25. The van der Waals surface area contributed by atoms with Gasteiger partial charge < -0.3 is 10.0 Å². The summed E-state index contributed by atoms with van der Waals surface area (Å²) < 4.78 is 1.72. The highest BCUT2D eigenvalue weighted by Gasteiger charge is 2.36. The van der Waals surface area contributed by atoms with Crippen molar-refractivity contribution in [3.05, 3.63) is 85.2 Å². The van der Waals surface area contributed by atoms with Gasteiger partial charge in [-0.1, -0.05) is 36.0 Å². The fourth-order valence-electron chi connectivity index (χ4n) is 3.47. The van der Waals surface area contributed by atoms with Gasteiger partial charge in [-0.2, -0.15) is 4.57 Å². The SMILES string of the molecule is CN(C)c1cc[n+](C(/C=C/C(=O)O)C(=O)N2c3ccccc3Sc3ccccc32)cc1. The Bertz CT molecular complexity index is 1110. The van der Waals surface area contributed by atoms with Gasteiger partial charge in [0.2, 0.25) is 0 Å². The van der Waals surface area contributed by atoms with Crippen LogP contribution in [-0.2, 0) is 9.59 Å². The summed E-state index contributed by atoms with van der Waals surface area (Å²) in [5.74, 6) is -1.33. The number of pyridine rings is 1.